The molecule has 9 nitrogen and oxygen atoms in total. The van der Waals surface area contributed by atoms with Crippen molar-refractivity contribution in [2.45, 2.75) is 57.0 Å². The first-order valence-corrected chi connectivity index (χ1v) is 12.6. The summed E-state index contributed by atoms with van der Waals surface area (Å²) < 4.78 is 7.94. The van der Waals surface area contributed by atoms with Crippen molar-refractivity contribution in [1.29, 1.82) is 0 Å². The van der Waals surface area contributed by atoms with Gasteiger partial charge in [-0.2, -0.15) is 0 Å². The van der Waals surface area contributed by atoms with Crippen molar-refractivity contribution in [3.05, 3.63) is 36.2 Å². The molecule has 0 saturated carbocycles. The number of carbonyl (C=O) groups excluding carboxylic acids is 2. The van der Waals surface area contributed by atoms with E-state index in [1.165, 1.54) is 24.6 Å². The van der Waals surface area contributed by atoms with Crippen LogP contribution in [0.3, 0.4) is 0 Å². The van der Waals surface area contributed by atoms with Crippen LogP contribution in [0.1, 0.15) is 38.4 Å². The maximum absolute atomic E-state index is 12.3. The molecule has 2 N–H and O–H groups in total. The highest BCUT2D eigenvalue weighted by Gasteiger charge is 2.24. The number of imide groups is 1. The van der Waals surface area contributed by atoms with Crippen LogP contribution in [0.5, 0.6) is 0 Å². The lowest BCUT2D eigenvalue weighted by molar-refractivity contribution is -0.117. The number of urea groups is 1. The molecule has 2 aliphatic rings. The van der Waals surface area contributed by atoms with Crippen LogP contribution in [-0.2, 0) is 22.6 Å². The molecule has 0 spiro atoms. The number of para-hydroxylation sites is 1. The average Bonchev–Trinajstić information content (AvgIpc) is 3.45. The second kappa shape index (κ2) is 11.6. The Bertz CT molecular complexity index is 924. The Morgan fingerprint density at radius 3 is 2.67 bits per heavy atom. The van der Waals surface area contributed by atoms with Gasteiger partial charge in [0, 0.05) is 12.3 Å². The van der Waals surface area contributed by atoms with Gasteiger partial charge in [0.2, 0.25) is 5.91 Å². The highest BCUT2D eigenvalue weighted by atomic mass is 32.2. The number of nitrogens with one attached hydrogen (secondary N) is 2. The van der Waals surface area contributed by atoms with E-state index in [1.54, 1.807) is 12.1 Å². The molecule has 33 heavy (non-hydrogen) atoms. The van der Waals surface area contributed by atoms with Gasteiger partial charge in [-0.15, -0.1) is 10.2 Å². The van der Waals surface area contributed by atoms with E-state index in [0.717, 1.165) is 50.8 Å². The fraction of sp³-hybridized carbons (Fsp3) is 0.565. The van der Waals surface area contributed by atoms with E-state index in [2.05, 4.69) is 37.2 Å². The SMILES string of the molecule is CC1CCN(Cc2nnc(SCC(=O)NC(=O)Nc3ccccc3)n2C[C@@H]2CCCO2)CC1. The third-order valence-corrected chi connectivity index (χ3v) is 7.03. The van der Waals surface area contributed by atoms with E-state index in [9.17, 15) is 9.59 Å². The number of rotatable bonds is 8. The molecular formula is C23H32N6O3S. The number of ether oxygens (including phenoxy) is 1. The largest absolute Gasteiger partial charge is 0.376 e. The average molecular weight is 473 g/mol. The van der Waals surface area contributed by atoms with Gasteiger partial charge in [0.1, 0.15) is 5.82 Å². The van der Waals surface area contributed by atoms with Crippen LogP contribution in [0.2, 0.25) is 0 Å². The smallest absolute Gasteiger partial charge is 0.325 e. The van der Waals surface area contributed by atoms with Crippen molar-refractivity contribution in [2.24, 2.45) is 5.92 Å². The summed E-state index contributed by atoms with van der Waals surface area (Å²) in [7, 11) is 0. The van der Waals surface area contributed by atoms with Gasteiger partial charge < -0.3 is 14.6 Å². The lowest BCUT2D eigenvalue weighted by Gasteiger charge is -2.29. The molecule has 0 aliphatic carbocycles. The molecule has 2 aromatic rings. The van der Waals surface area contributed by atoms with Crippen molar-refractivity contribution >= 4 is 29.4 Å². The number of benzene rings is 1. The summed E-state index contributed by atoms with van der Waals surface area (Å²) in [6.07, 6.45) is 4.63. The van der Waals surface area contributed by atoms with Crippen LogP contribution in [0, 0.1) is 5.92 Å². The van der Waals surface area contributed by atoms with Crippen molar-refractivity contribution in [1.82, 2.24) is 25.0 Å². The number of thioether (sulfide) groups is 1. The molecule has 1 aromatic carbocycles. The van der Waals surface area contributed by atoms with E-state index >= 15 is 0 Å². The highest BCUT2D eigenvalue weighted by molar-refractivity contribution is 7.99. The zero-order chi connectivity index (χ0) is 23.0. The Hall–Kier alpha value is -2.43. The molecular weight excluding hydrogens is 440 g/mol. The van der Waals surface area contributed by atoms with Crippen LogP contribution in [-0.4, -0.2) is 63.2 Å². The van der Waals surface area contributed by atoms with Gasteiger partial charge in [-0.05, 0) is 56.8 Å². The van der Waals surface area contributed by atoms with Gasteiger partial charge in [0.05, 0.1) is 24.9 Å². The first-order valence-electron chi connectivity index (χ1n) is 11.6. The normalized spacial score (nSPS) is 19.5. The number of aromatic nitrogens is 3. The molecule has 0 radical (unpaired) electrons. The quantitative estimate of drug-likeness (QED) is 0.569. The molecule has 178 valence electrons. The van der Waals surface area contributed by atoms with Gasteiger partial charge in [0.25, 0.3) is 0 Å². The second-order valence-electron chi connectivity index (χ2n) is 8.76. The maximum atomic E-state index is 12.3. The summed E-state index contributed by atoms with van der Waals surface area (Å²) in [5, 5.41) is 14.5. The van der Waals surface area contributed by atoms with Gasteiger partial charge in [-0.1, -0.05) is 36.9 Å². The fourth-order valence-corrected chi connectivity index (χ4v) is 4.88. The maximum Gasteiger partial charge on any atom is 0.325 e. The first-order chi connectivity index (χ1) is 16.1. The number of hydrogen-bond acceptors (Lipinski definition) is 7. The summed E-state index contributed by atoms with van der Waals surface area (Å²) in [5.74, 6) is 1.37. The Balaban J connectivity index is 1.34. The summed E-state index contributed by atoms with van der Waals surface area (Å²) in [6.45, 7) is 6.65. The summed E-state index contributed by atoms with van der Waals surface area (Å²) >= 11 is 1.29. The Morgan fingerprint density at radius 2 is 1.94 bits per heavy atom. The van der Waals surface area contributed by atoms with Crippen LogP contribution < -0.4 is 10.6 Å². The fourth-order valence-electron chi connectivity index (χ4n) is 4.11. The molecule has 1 atom stereocenters. The molecule has 2 saturated heterocycles. The van der Waals surface area contributed by atoms with E-state index in [4.69, 9.17) is 4.74 Å². The second-order valence-corrected chi connectivity index (χ2v) is 9.70. The zero-order valence-corrected chi connectivity index (χ0v) is 19.9. The third-order valence-electron chi connectivity index (χ3n) is 6.06. The standard InChI is InChI=1S/C23H32N6O3S/c1-17-9-11-28(12-10-17)15-20-26-27-23(29(20)14-19-8-5-13-32-19)33-16-21(30)25-22(31)24-18-6-3-2-4-7-18/h2-4,6-7,17,19H,5,8-16H2,1H3,(H2,24,25,30,31)/t19-/m0/s1. The molecule has 3 heterocycles. The Kier molecular flexibility index (Phi) is 8.35. The van der Waals surface area contributed by atoms with Crippen LogP contribution in [0.4, 0.5) is 10.5 Å². The van der Waals surface area contributed by atoms with Gasteiger partial charge in [-0.3, -0.25) is 15.0 Å². The minimum atomic E-state index is -0.548. The topological polar surface area (TPSA) is 101 Å². The van der Waals surface area contributed by atoms with E-state index in [1.807, 2.05) is 18.2 Å². The monoisotopic (exact) mass is 472 g/mol. The first kappa shape index (κ1) is 23.7. The van der Waals surface area contributed by atoms with Gasteiger partial charge in [-0.25, -0.2) is 4.79 Å². The number of piperidine rings is 1. The van der Waals surface area contributed by atoms with Gasteiger partial charge >= 0.3 is 6.03 Å². The number of hydrogen-bond donors (Lipinski definition) is 2. The third kappa shape index (κ3) is 7.02. The number of anilines is 1. The van der Waals surface area contributed by atoms with E-state index in [0.29, 0.717) is 17.4 Å². The number of nitrogens with zero attached hydrogens (tertiary/aromatic N) is 4. The summed E-state index contributed by atoms with van der Waals surface area (Å²) in [4.78, 5) is 26.8. The summed E-state index contributed by atoms with van der Waals surface area (Å²) in [6, 6.07) is 8.46. The summed E-state index contributed by atoms with van der Waals surface area (Å²) in [5.41, 5.74) is 0.628. The molecule has 4 rings (SSSR count). The van der Waals surface area contributed by atoms with Crippen molar-refractivity contribution in [3.8, 4) is 0 Å². The molecule has 10 heteroatoms. The molecule has 1 aromatic heterocycles. The predicted molar refractivity (Wildman–Crippen MR) is 127 cm³/mol. The van der Waals surface area contributed by atoms with Crippen molar-refractivity contribution in [2.75, 3.05) is 30.8 Å². The lowest BCUT2D eigenvalue weighted by Crippen LogP contribution is -2.35. The minimum absolute atomic E-state index is 0.0765. The van der Waals surface area contributed by atoms with Crippen LogP contribution >= 0.6 is 11.8 Å². The zero-order valence-electron chi connectivity index (χ0n) is 19.0. The highest BCUT2D eigenvalue weighted by Crippen LogP contribution is 2.23. The molecule has 0 bridgehead atoms. The Morgan fingerprint density at radius 1 is 1.15 bits per heavy atom. The van der Waals surface area contributed by atoms with Crippen molar-refractivity contribution < 1.29 is 14.3 Å². The van der Waals surface area contributed by atoms with Gasteiger partial charge in [0.15, 0.2) is 5.16 Å². The minimum Gasteiger partial charge on any atom is -0.376 e. The molecule has 3 amide bonds. The molecule has 2 fully saturated rings. The van der Waals surface area contributed by atoms with E-state index < -0.39 is 6.03 Å². The number of amides is 3. The Labute approximate surface area is 198 Å². The molecule has 2 aliphatic heterocycles. The number of carbonyl (C=O) groups is 2. The lowest BCUT2D eigenvalue weighted by atomic mass is 9.99. The van der Waals surface area contributed by atoms with E-state index in [-0.39, 0.29) is 17.8 Å². The van der Waals surface area contributed by atoms with Crippen LogP contribution in [0.15, 0.2) is 35.5 Å². The number of likely N-dealkylation sites (tertiary alicyclic amines) is 1. The molecule has 0 unspecified atom stereocenters. The predicted octanol–water partition coefficient (Wildman–Crippen LogP) is 3.13. The van der Waals surface area contributed by atoms with Crippen molar-refractivity contribution in [3.63, 3.8) is 0 Å². The van der Waals surface area contributed by atoms with Crippen LogP contribution in [0.25, 0.3) is 0 Å².